The molecule has 0 aliphatic heterocycles. The van der Waals surface area contributed by atoms with Gasteiger partial charge in [-0.05, 0) is 17.7 Å². The number of hydrogen-bond donors (Lipinski definition) is 2. The summed E-state index contributed by atoms with van der Waals surface area (Å²) in [6.45, 7) is 0. The minimum Gasteiger partial charge on any atom is -0.391 e. The second kappa shape index (κ2) is 7.87. The summed E-state index contributed by atoms with van der Waals surface area (Å²) in [6, 6.07) is 14.3. The predicted molar refractivity (Wildman–Crippen MR) is 86.8 cm³/mol. The smallest absolute Gasteiger partial charge is 0.0774 e. The average Bonchev–Trinajstić information content (AvgIpc) is 2.39. The summed E-state index contributed by atoms with van der Waals surface area (Å²) in [5.41, 5.74) is 7.68. The van der Waals surface area contributed by atoms with Crippen LogP contribution in [0.15, 0.2) is 48.5 Å². The highest BCUT2D eigenvalue weighted by Crippen LogP contribution is 2.31. The van der Waals surface area contributed by atoms with Crippen LogP contribution < -0.4 is 5.73 Å². The summed E-state index contributed by atoms with van der Waals surface area (Å²) in [7, 11) is 0. The quantitative estimate of drug-likeness (QED) is 0.888. The van der Waals surface area contributed by atoms with Gasteiger partial charge < -0.3 is 10.8 Å². The van der Waals surface area contributed by atoms with Crippen molar-refractivity contribution in [2.75, 3.05) is 0 Å². The van der Waals surface area contributed by atoms with Gasteiger partial charge in [-0.15, -0.1) is 12.4 Å². The van der Waals surface area contributed by atoms with Gasteiger partial charge in [0.15, 0.2) is 0 Å². The van der Waals surface area contributed by atoms with Crippen LogP contribution in [0.5, 0.6) is 0 Å². The van der Waals surface area contributed by atoms with Gasteiger partial charge in [-0.1, -0.05) is 59.6 Å². The van der Waals surface area contributed by atoms with E-state index in [2.05, 4.69) is 0 Å². The van der Waals surface area contributed by atoms with Crippen LogP contribution in [0.4, 0.5) is 0 Å². The highest BCUT2D eigenvalue weighted by atomic mass is 35.5. The number of rotatable bonds is 4. The number of aliphatic hydroxyl groups is 1. The van der Waals surface area contributed by atoms with E-state index < -0.39 is 12.1 Å². The molecule has 0 saturated heterocycles. The molecule has 0 radical (unpaired) electrons. The van der Waals surface area contributed by atoms with E-state index in [9.17, 15) is 5.11 Å². The second-order valence-electron chi connectivity index (χ2n) is 4.42. The van der Waals surface area contributed by atoms with Crippen molar-refractivity contribution < 1.29 is 5.11 Å². The largest absolute Gasteiger partial charge is 0.391 e. The van der Waals surface area contributed by atoms with Gasteiger partial charge in [0.2, 0.25) is 0 Å². The van der Waals surface area contributed by atoms with E-state index in [0.717, 1.165) is 5.56 Å². The van der Waals surface area contributed by atoms with Crippen LogP contribution in [0.1, 0.15) is 17.2 Å². The molecule has 3 N–H and O–H groups in total. The van der Waals surface area contributed by atoms with Gasteiger partial charge in [-0.3, -0.25) is 0 Å². The van der Waals surface area contributed by atoms with E-state index in [0.29, 0.717) is 22.0 Å². The Balaban J connectivity index is 0.00000200. The lowest BCUT2D eigenvalue weighted by atomic mass is 9.97. The van der Waals surface area contributed by atoms with Crippen LogP contribution >= 0.6 is 35.6 Å². The Morgan fingerprint density at radius 3 is 2.05 bits per heavy atom. The highest BCUT2D eigenvalue weighted by Gasteiger charge is 2.21. The number of halogens is 3. The molecule has 0 saturated carbocycles. The fourth-order valence-corrected chi connectivity index (χ4v) is 2.65. The maximum atomic E-state index is 10.2. The summed E-state index contributed by atoms with van der Waals surface area (Å²) in [5, 5.41) is 11.2. The number of nitrogens with two attached hydrogens (primary N) is 1. The molecule has 0 bridgehead atoms. The monoisotopic (exact) mass is 331 g/mol. The van der Waals surface area contributed by atoms with Crippen molar-refractivity contribution in [2.45, 2.75) is 18.6 Å². The van der Waals surface area contributed by atoms with Crippen molar-refractivity contribution in [1.82, 2.24) is 0 Å². The normalized spacial score (nSPS) is 13.4. The lowest BCUT2D eigenvalue weighted by Crippen LogP contribution is -2.28. The van der Waals surface area contributed by atoms with Gasteiger partial charge in [-0.2, -0.15) is 0 Å². The summed E-state index contributed by atoms with van der Waals surface area (Å²) in [6.07, 6.45) is -0.274. The average molecular weight is 333 g/mol. The third kappa shape index (κ3) is 4.11. The van der Waals surface area contributed by atoms with Crippen LogP contribution in [0, 0.1) is 0 Å². The molecule has 2 aromatic carbocycles. The minimum atomic E-state index is -0.736. The van der Waals surface area contributed by atoms with Gasteiger partial charge in [0.05, 0.1) is 12.1 Å². The Labute approximate surface area is 134 Å². The second-order valence-corrected chi connectivity index (χ2v) is 5.23. The van der Waals surface area contributed by atoms with Crippen molar-refractivity contribution in [3.8, 4) is 0 Å². The minimum absolute atomic E-state index is 0. The van der Waals surface area contributed by atoms with Gasteiger partial charge in [0.25, 0.3) is 0 Å². The van der Waals surface area contributed by atoms with Gasteiger partial charge in [0, 0.05) is 22.0 Å². The fourth-order valence-electron chi connectivity index (χ4n) is 2.00. The molecule has 5 heteroatoms. The van der Waals surface area contributed by atoms with E-state index in [4.69, 9.17) is 28.9 Å². The van der Waals surface area contributed by atoms with Gasteiger partial charge in [-0.25, -0.2) is 0 Å². The first-order valence-corrected chi connectivity index (χ1v) is 6.76. The molecule has 0 fully saturated rings. The molecule has 0 unspecified atom stereocenters. The molecule has 2 atom stereocenters. The SMILES string of the molecule is Cl.N[C@H](c1c(Cl)cccc1Cl)[C@@H](O)Cc1ccccc1. The van der Waals surface area contributed by atoms with E-state index in [1.165, 1.54) is 0 Å². The van der Waals surface area contributed by atoms with Crippen molar-refractivity contribution >= 4 is 35.6 Å². The molecule has 2 rings (SSSR count). The lowest BCUT2D eigenvalue weighted by molar-refractivity contribution is 0.145. The first-order valence-electron chi connectivity index (χ1n) is 6.01. The van der Waals surface area contributed by atoms with Crippen LogP contribution in [0.25, 0.3) is 0 Å². The Morgan fingerprint density at radius 2 is 1.50 bits per heavy atom. The molecule has 20 heavy (non-hydrogen) atoms. The zero-order chi connectivity index (χ0) is 13.8. The molecule has 0 aliphatic rings. The number of hydrogen-bond acceptors (Lipinski definition) is 2. The van der Waals surface area contributed by atoms with Crippen molar-refractivity contribution in [3.63, 3.8) is 0 Å². The molecule has 0 heterocycles. The van der Waals surface area contributed by atoms with Crippen molar-refractivity contribution in [3.05, 3.63) is 69.7 Å². The standard InChI is InChI=1S/C15H15Cl2NO.ClH/c16-11-7-4-8-12(17)14(11)15(18)13(19)9-10-5-2-1-3-6-10;/h1-8,13,15,19H,9,18H2;1H/t13-,15-;/m0./s1. The molecule has 0 aliphatic carbocycles. The third-order valence-corrected chi connectivity index (χ3v) is 3.69. The summed E-state index contributed by atoms with van der Waals surface area (Å²) < 4.78 is 0. The zero-order valence-corrected chi connectivity index (χ0v) is 13.0. The fraction of sp³-hybridized carbons (Fsp3) is 0.200. The van der Waals surface area contributed by atoms with E-state index >= 15 is 0 Å². The van der Waals surface area contributed by atoms with Crippen LogP contribution in [-0.4, -0.2) is 11.2 Å². The summed E-state index contributed by atoms with van der Waals surface area (Å²) in [4.78, 5) is 0. The third-order valence-electron chi connectivity index (χ3n) is 3.04. The first kappa shape index (κ1) is 17.3. The number of benzene rings is 2. The van der Waals surface area contributed by atoms with Crippen molar-refractivity contribution in [1.29, 1.82) is 0 Å². The molecular weight excluding hydrogens is 317 g/mol. The van der Waals surface area contributed by atoms with Gasteiger partial charge >= 0.3 is 0 Å². The highest BCUT2D eigenvalue weighted by molar-refractivity contribution is 6.36. The molecule has 2 nitrogen and oxygen atoms in total. The number of aliphatic hydroxyl groups excluding tert-OH is 1. The van der Waals surface area contributed by atoms with Gasteiger partial charge in [0.1, 0.15) is 0 Å². The van der Waals surface area contributed by atoms with Crippen LogP contribution in [0.3, 0.4) is 0 Å². The molecular formula is C15H16Cl3NO. The topological polar surface area (TPSA) is 46.2 Å². The van der Waals surface area contributed by atoms with Crippen molar-refractivity contribution in [2.24, 2.45) is 5.73 Å². The van der Waals surface area contributed by atoms with E-state index in [1.54, 1.807) is 18.2 Å². The Kier molecular flexibility index (Phi) is 6.80. The zero-order valence-electron chi connectivity index (χ0n) is 10.7. The molecule has 0 aromatic heterocycles. The lowest BCUT2D eigenvalue weighted by Gasteiger charge is -2.21. The Bertz CT molecular complexity index is 528. The van der Waals surface area contributed by atoms with Crippen LogP contribution in [-0.2, 0) is 6.42 Å². The van der Waals surface area contributed by atoms with E-state index in [1.807, 2.05) is 30.3 Å². The first-order chi connectivity index (χ1) is 9.09. The molecule has 2 aromatic rings. The Morgan fingerprint density at radius 1 is 0.950 bits per heavy atom. The molecule has 0 amide bonds. The van der Waals surface area contributed by atoms with Crippen LogP contribution in [0.2, 0.25) is 10.0 Å². The summed E-state index contributed by atoms with van der Waals surface area (Å²) in [5.74, 6) is 0. The maximum absolute atomic E-state index is 10.2. The molecule has 0 spiro atoms. The maximum Gasteiger partial charge on any atom is 0.0774 e. The Hall–Kier alpha value is -0.770. The molecule has 108 valence electrons. The summed E-state index contributed by atoms with van der Waals surface area (Å²) >= 11 is 12.2. The predicted octanol–water partition coefficient (Wildman–Crippen LogP) is 4.02. The van der Waals surface area contributed by atoms with E-state index in [-0.39, 0.29) is 12.4 Å².